The van der Waals surface area contributed by atoms with Crippen LogP contribution in [0.25, 0.3) is 10.8 Å². The average molecular weight is 589 g/mol. The second kappa shape index (κ2) is 12.2. The lowest BCUT2D eigenvalue weighted by molar-refractivity contribution is -0.160. The second-order valence-corrected chi connectivity index (χ2v) is 12.8. The Morgan fingerprint density at radius 2 is 1.91 bits per heavy atom. The van der Waals surface area contributed by atoms with Gasteiger partial charge < -0.3 is 24.4 Å². The number of ether oxygens (including phenoxy) is 2. The number of carbonyl (C=O) groups is 3. The van der Waals surface area contributed by atoms with Gasteiger partial charge in [0, 0.05) is 12.2 Å². The molecule has 2 amide bonds. The van der Waals surface area contributed by atoms with Crippen LogP contribution in [0.1, 0.15) is 52.9 Å². The highest BCUT2D eigenvalue weighted by Crippen LogP contribution is 2.64. The quantitative estimate of drug-likeness (QED) is 0.200. The third kappa shape index (κ3) is 5.29. The maximum absolute atomic E-state index is 14.9. The van der Waals surface area contributed by atoms with E-state index in [-0.39, 0.29) is 37.5 Å². The number of amides is 2. The number of anilines is 1. The van der Waals surface area contributed by atoms with E-state index in [0.717, 1.165) is 10.8 Å². The molecule has 3 saturated heterocycles. The minimum atomic E-state index is -1.21. The molecule has 3 heterocycles. The number of hydrogen-bond donors (Lipinski definition) is 1. The minimum Gasteiger partial charge on any atom is -0.465 e. The average Bonchev–Trinajstić information content (AvgIpc) is 3.56. The van der Waals surface area contributed by atoms with Gasteiger partial charge in [-0.2, -0.15) is 0 Å². The van der Waals surface area contributed by atoms with E-state index in [1.165, 1.54) is 0 Å². The van der Waals surface area contributed by atoms with Crippen LogP contribution in [0.2, 0.25) is 0 Å². The lowest BCUT2D eigenvalue weighted by Crippen LogP contribution is -2.59. The topological polar surface area (TPSA) is 96.4 Å². The van der Waals surface area contributed by atoms with Gasteiger partial charge in [0.05, 0.1) is 30.8 Å². The molecule has 2 unspecified atom stereocenters. The molecule has 5 rings (SSSR count). The Morgan fingerprint density at radius 3 is 2.58 bits per heavy atom. The molecule has 8 nitrogen and oxygen atoms in total. The molecule has 43 heavy (non-hydrogen) atoms. The highest BCUT2D eigenvalue weighted by molar-refractivity contribution is 6.05. The van der Waals surface area contributed by atoms with Crippen LogP contribution >= 0.6 is 0 Å². The summed E-state index contributed by atoms with van der Waals surface area (Å²) in [7, 11) is 0. The fraction of sp³-hybridized carbons (Fsp3) is 0.514. The van der Waals surface area contributed by atoms with E-state index < -0.39 is 41.1 Å². The molecular weight excluding hydrogens is 544 g/mol. The summed E-state index contributed by atoms with van der Waals surface area (Å²) in [6.45, 7) is 13.7. The summed E-state index contributed by atoms with van der Waals surface area (Å²) >= 11 is 0. The molecule has 2 bridgehead atoms. The lowest BCUT2D eigenvalue weighted by Gasteiger charge is -2.40. The van der Waals surface area contributed by atoms with Crippen molar-refractivity contribution in [1.29, 1.82) is 0 Å². The predicted octanol–water partition coefficient (Wildman–Crippen LogP) is 5.04. The lowest BCUT2D eigenvalue weighted by atomic mass is 9.66. The van der Waals surface area contributed by atoms with Gasteiger partial charge in [-0.25, -0.2) is 0 Å². The van der Waals surface area contributed by atoms with Crippen molar-refractivity contribution in [3.8, 4) is 0 Å². The SMILES string of the molecule is C=CCCCOC(=O)[C@@H]1[C@H]2C(=O)N([C@@H](CO)CC(C)C)C(C(=O)N(CC=C)c3ccc4ccccc4c3)C23CC[C@@]1(C)O3. The first-order valence-corrected chi connectivity index (χ1v) is 15.4. The van der Waals surface area contributed by atoms with E-state index in [4.69, 9.17) is 9.47 Å². The standard InChI is InChI=1S/C35H44N2O6/c1-6-8-11-19-42-33(41)29-28-31(39)37(27(22-38)20-23(3)4)30(35(28)17-16-34(29,5)43-35)32(40)36(18-7-2)26-15-14-24-12-9-10-13-25(24)21-26/h6-7,9-10,12-15,21,23,27-30,38H,1-2,8,11,16-20,22H2,3-5H3/t27-,28+,29+,30?,34-,35?/m1/s1. The van der Waals surface area contributed by atoms with Gasteiger partial charge in [0.25, 0.3) is 5.91 Å². The highest BCUT2D eigenvalue weighted by atomic mass is 16.6. The van der Waals surface area contributed by atoms with Crippen LogP contribution in [-0.4, -0.2) is 70.8 Å². The Hall–Kier alpha value is -3.49. The largest absolute Gasteiger partial charge is 0.465 e. The first-order chi connectivity index (χ1) is 20.6. The van der Waals surface area contributed by atoms with Crippen LogP contribution < -0.4 is 4.90 Å². The molecular formula is C35H44N2O6. The molecule has 2 aromatic rings. The van der Waals surface area contributed by atoms with Gasteiger partial charge in [-0.1, -0.05) is 56.3 Å². The smallest absolute Gasteiger partial charge is 0.312 e. The van der Waals surface area contributed by atoms with Crippen molar-refractivity contribution in [2.24, 2.45) is 17.8 Å². The minimum absolute atomic E-state index is 0.156. The summed E-state index contributed by atoms with van der Waals surface area (Å²) in [5.74, 6) is -2.67. The molecule has 230 valence electrons. The fourth-order valence-electron chi connectivity index (χ4n) is 7.65. The van der Waals surface area contributed by atoms with Crippen LogP contribution in [0.15, 0.2) is 67.8 Å². The fourth-order valence-corrected chi connectivity index (χ4v) is 7.65. The number of allylic oxidation sites excluding steroid dienone is 1. The summed E-state index contributed by atoms with van der Waals surface area (Å²) in [6.07, 6.45) is 6.26. The number of benzene rings is 2. The van der Waals surface area contributed by atoms with Crippen molar-refractivity contribution in [2.75, 3.05) is 24.7 Å². The van der Waals surface area contributed by atoms with Gasteiger partial charge >= 0.3 is 5.97 Å². The van der Waals surface area contributed by atoms with Gasteiger partial charge in [-0.05, 0) is 67.9 Å². The molecule has 1 spiro atoms. The van der Waals surface area contributed by atoms with E-state index in [1.54, 1.807) is 22.0 Å². The zero-order valence-corrected chi connectivity index (χ0v) is 25.5. The summed E-state index contributed by atoms with van der Waals surface area (Å²) in [5.41, 5.74) is -1.47. The number of esters is 1. The van der Waals surface area contributed by atoms with Crippen molar-refractivity contribution >= 4 is 34.2 Å². The first kappa shape index (κ1) is 31.0. The summed E-state index contributed by atoms with van der Waals surface area (Å²) < 4.78 is 12.4. The van der Waals surface area contributed by atoms with E-state index >= 15 is 0 Å². The maximum atomic E-state index is 14.9. The third-order valence-electron chi connectivity index (χ3n) is 9.47. The molecule has 1 N–H and O–H groups in total. The zero-order chi connectivity index (χ0) is 30.9. The number of fused-ring (bicyclic) bond motifs is 2. The second-order valence-electron chi connectivity index (χ2n) is 12.8. The van der Waals surface area contributed by atoms with Crippen molar-refractivity contribution in [3.05, 3.63) is 67.8 Å². The van der Waals surface area contributed by atoms with Crippen molar-refractivity contribution < 1.29 is 29.0 Å². The number of aliphatic hydroxyl groups excluding tert-OH is 1. The number of likely N-dealkylation sites (tertiary alicyclic amines) is 1. The van der Waals surface area contributed by atoms with Crippen LogP contribution in [-0.2, 0) is 23.9 Å². The molecule has 0 aliphatic carbocycles. The van der Waals surface area contributed by atoms with Crippen molar-refractivity contribution in [2.45, 2.75) is 76.2 Å². The molecule has 0 radical (unpaired) electrons. The summed E-state index contributed by atoms with van der Waals surface area (Å²) in [6, 6.07) is 12.1. The molecule has 3 fully saturated rings. The maximum Gasteiger partial charge on any atom is 0.312 e. The van der Waals surface area contributed by atoms with Crippen LogP contribution in [0, 0.1) is 17.8 Å². The predicted molar refractivity (Wildman–Crippen MR) is 166 cm³/mol. The zero-order valence-electron chi connectivity index (χ0n) is 25.5. The van der Waals surface area contributed by atoms with Gasteiger partial charge in [-0.15, -0.1) is 13.2 Å². The van der Waals surface area contributed by atoms with Crippen LogP contribution in [0.5, 0.6) is 0 Å². The Morgan fingerprint density at radius 1 is 1.16 bits per heavy atom. The summed E-state index contributed by atoms with van der Waals surface area (Å²) in [5, 5.41) is 12.6. The normalized spacial score (nSPS) is 28.3. The molecule has 3 aliphatic heterocycles. The summed E-state index contributed by atoms with van der Waals surface area (Å²) in [4.78, 5) is 46.2. The third-order valence-corrected chi connectivity index (χ3v) is 9.47. The van der Waals surface area contributed by atoms with Gasteiger partial charge in [0.15, 0.2) is 0 Å². The molecule has 8 heteroatoms. The Kier molecular flexibility index (Phi) is 8.82. The number of rotatable bonds is 13. The Bertz CT molecular complexity index is 1410. The number of unbranched alkanes of at least 4 members (excludes halogenated alkanes) is 1. The van der Waals surface area contributed by atoms with Crippen molar-refractivity contribution in [3.63, 3.8) is 0 Å². The van der Waals surface area contributed by atoms with E-state index in [0.29, 0.717) is 37.8 Å². The molecule has 3 aliphatic rings. The van der Waals surface area contributed by atoms with Crippen LogP contribution in [0.3, 0.4) is 0 Å². The van der Waals surface area contributed by atoms with E-state index in [9.17, 15) is 19.5 Å². The van der Waals surface area contributed by atoms with Gasteiger partial charge in [-0.3, -0.25) is 14.4 Å². The molecule has 0 aromatic heterocycles. The van der Waals surface area contributed by atoms with E-state index in [2.05, 4.69) is 13.2 Å². The molecule has 0 saturated carbocycles. The number of aliphatic hydroxyl groups is 1. The van der Waals surface area contributed by atoms with Crippen molar-refractivity contribution in [1.82, 2.24) is 4.90 Å². The number of nitrogens with zero attached hydrogens (tertiary/aromatic N) is 2. The number of carbonyl (C=O) groups excluding carboxylic acids is 3. The first-order valence-electron chi connectivity index (χ1n) is 15.4. The monoisotopic (exact) mass is 588 g/mol. The van der Waals surface area contributed by atoms with Gasteiger partial charge in [0.2, 0.25) is 5.91 Å². The Balaban J connectivity index is 1.58. The Labute approximate surface area is 254 Å². The van der Waals surface area contributed by atoms with Crippen LogP contribution in [0.4, 0.5) is 5.69 Å². The molecule has 2 aromatic carbocycles. The highest BCUT2D eigenvalue weighted by Gasteiger charge is 2.79. The van der Waals surface area contributed by atoms with E-state index in [1.807, 2.05) is 63.2 Å². The molecule has 6 atom stereocenters. The van der Waals surface area contributed by atoms with Gasteiger partial charge in [0.1, 0.15) is 17.6 Å². The number of hydrogen-bond acceptors (Lipinski definition) is 6.